The second-order valence-electron chi connectivity index (χ2n) is 8.48. The van der Waals surface area contributed by atoms with Gasteiger partial charge in [0.25, 0.3) is 5.91 Å². The minimum atomic E-state index is -0.483. The number of anilines is 1. The number of ether oxygens (including phenoxy) is 1. The summed E-state index contributed by atoms with van der Waals surface area (Å²) in [5, 5.41) is 1.69. The molecule has 0 aliphatic carbocycles. The maximum Gasteiger partial charge on any atom is 0.304 e. The van der Waals surface area contributed by atoms with Crippen molar-refractivity contribution in [2.24, 2.45) is 0 Å². The van der Waals surface area contributed by atoms with Crippen molar-refractivity contribution in [1.82, 2.24) is 14.9 Å². The molecular weight excluding hydrogens is 467 g/mol. The Morgan fingerprint density at radius 2 is 1.94 bits per heavy atom. The molecule has 0 aliphatic heterocycles. The number of amides is 1. The van der Waals surface area contributed by atoms with Crippen molar-refractivity contribution in [3.8, 4) is 10.4 Å². The van der Waals surface area contributed by atoms with Crippen LogP contribution in [0.25, 0.3) is 21.3 Å². The van der Waals surface area contributed by atoms with Crippen LogP contribution in [0.15, 0.2) is 48.7 Å². The maximum absolute atomic E-state index is 14.4. The summed E-state index contributed by atoms with van der Waals surface area (Å²) >= 11 is 1.31. The van der Waals surface area contributed by atoms with E-state index in [1.165, 1.54) is 29.2 Å². The number of carbonyl (C=O) groups excluding carboxylic acids is 2. The Kier molecular flexibility index (Phi) is 7.16. The van der Waals surface area contributed by atoms with Gasteiger partial charge < -0.3 is 19.5 Å². The quantitative estimate of drug-likeness (QED) is 0.275. The predicted octanol–water partition coefficient (Wildman–Crippen LogP) is 5.01. The van der Waals surface area contributed by atoms with E-state index >= 15 is 0 Å². The first-order valence-corrected chi connectivity index (χ1v) is 12.0. The van der Waals surface area contributed by atoms with E-state index in [2.05, 4.69) is 9.97 Å². The largest absolute Gasteiger partial charge is 0.444 e. The second-order valence-corrected chi connectivity index (χ2v) is 9.45. The van der Waals surface area contributed by atoms with Gasteiger partial charge in [-0.05, 0) is 42.2 Å². The summed E-state index contributed by atoms with van der Waals surface area (Å²) in [6.45, 7) is 3.10. The van der Waals surface area contributed by atoms with Gasteiger partial charge in [-0.3, -0.25) is 9.59 Å². The van der Waals surface area contributed by atoms with Gasteiger partial charge in [-0.25, -0.2) is 9.37 Å². The zero-order chi connectivity index (χ0) is 25.1. The van der Waals surface area contributed by atoms with Crippen LogP contribution in [0.1, 0.15) is 28.5 Å². The third-order valence-electron chi connectivity index (χ3n) is 5.67. The van der Waals surface area contributed by atoms with E-state index in [1.807, 2.05) is 44.6 Å². The van der Waals surface area contributed by atoms with Gasteiger partial charge in [0.1, 0.15) is 11.5 Å². The minimum absolute atomic E-state index is 0.201. The molecule has 0 aliphatic rings. The number of esters is 1. The summed E-state index contributed by atoms with van der Waals surface area (Å²) in [6.07, 6.45) is 2.48. The molecule has 2 aromatic heterocycles. The van der Waals surface area contributed by atoms with Gasteiger partial charge in [0.05, 0.1) is 4.88 Å². The summed E-state index contributed by atoms with van der Waals surface area (Å²) < 4.78 is 19.6. The van der Waals surface area contributed by atoms with E-state index in [1.54, 1.807) is 24.0 Å². The number of thiazole rings is 1. The van der Waals surface area contributed by atoms with E-state index in [0.717, 1.165) is 16.5 Å². The van der Waals surface area contributed by atoms with Gasteiger partial charge in [0, 0.05) is 44.7 Å². The van der Waals surface area contributed by atoms with Crippen LogP contribution in [0.5, 0.6) is 0 Å². The number of nitrogens with zero attached hydrogens (tertiary/aromatic N) is 3. The molecule has 4 rings (SSSR count). The lowest BCUT2D eigenvalue weighted by molar-refractivity contribution is -0.144. The Labute approximate surface area is 207 Å². The Hall–Kier alpha value is -3.72. The highest BCUT2D eigenvalue weighted by Gasteiger charge is 2.26. The number of hydrogen-bond acceptors (Lipinski definition) is 6. The number of aromatic nitrogens is 2. The Morgan fingerprint density at radius 1 is 1.17 bits per heavy atom. The number of rotatable bonds is 8. The highest BCUT2D eigenvalue weighted by atomic mass is 32.1. The first kappa shape index (κ1) is 24.4. The summed E-state index contributed by atoms with van der Waals surface area (Å²) in [5.74, 6) is -1.22. The molecule has 0 atom stereocenters. The molecule has 0 unspecified atom stereocenters. The Morgan fingerprint density at radius 3 is 2.66 bits per heavy atom. The number of carbonyl (C=O) groups is 2. The van der Waals surface area contributed by atoms with Crippen molar-refractivity contribution >= 4 is 39.2 Å². The topological polar surface area (TPSA) is 78.5 Å². The number of fused-ring (bicyclic) bond motifs is 1. The van der Waals surface area contributed by atoms with E-state index in [9.17, 15) is 14.0 Å². The minimum Gasteiger partial charge on any atom is -0.444 e. The average molecular weight is 495 g/mol. The number of H-pyrrole nitrogens is 1. The van der Waals surface area contributed by atoms with Crippen molar-refractivity contribution in [2.45, 2.75) is 20.3 Å². The number of benzene rings is 2. The van der Waals surface area contributed by atoms with Crippen LogP contribution >= 0.6 is 11.3 Å². The fourth-order valence-corrected chi connectivity index (χ4v) is 4.69. The predicted molar refractivity (Wildman–Crippen MR) is 136 cm³/mol. The summed E-state index contributed by atoms with van der Waals surface area (Å²) in [5.41, 5.74) is 3.36. The molecule has 0 bridgehead atoms. The van der Waals surface area contributed by atoms with Gasteiger partial charge in [-0.1, -0.05) is 41.7 Å². The lowest BCUT2D eigenvalue weighted by Gasteiger charge is -2.21. The molecule has 0 radical (unpaired) electrons. The lowest BCUT2D eigenvalue weighted by atomic mass is 10.1. The fraction of sp³-hybridized carbons (Fsp3) is 0.269. The number of aromatic amines is 1. The fourth-order valence-electron chi connectivity index (χ4n) is 3.71. The van der Waals surface area contributed by atoms with E-state index in [-0.39, 0.29) is 24.1 Å². The standard InChI is InChI=1S/C26H27FN4O3S/c1-16-9-10-18(13-21(16)27)24-23(29-26(35-24)30(3)4)25(33)31(15-34-17(2)32)12-11-19-14-28-22-8-6-5-7-20(19)22/h5-10,13-14,28H,11-12,15H2,1-4H3. The van der Waals surface area contributed by atoms with Crippen molar-refractivity contribution in [1.29, 1.82) is 0 Å². The van der Waals surface area contributed by atoms with Gasteiger partial charge in [-0.15, -0.1) is 0 Å². The van der Waals surface area contributed by atoms with Crippen LogP contribution in [-0.4, -0.2) is 54.1 Å². The SMILES string of the molecule is CC(=O)OCN(CCc1c[nH]c2ccccc12)C(=O)c1nc(N(C)C)sc1-c1ccc(C)c(F)c1. The number of para-hydroxylation sites is 1. The van der Waals surface area contributed by atoms with Crippen molar-refractivity contribution in [3.05, 3.63) is 71.3 Å². The molecule has 0 saturated carbocycles. The lowest BCUT2D eigenvalue weighted by Crippen LogP contribution is -2.36. The molecule has 35 heavy (non-hydrogen) atoms. The molecule has 0 saturated heterocycles. The molecule has 9 heteroatoms. The number of halogens is 1. The van der Waals surface area contributed by atoms with Gasteiger partial charge in [0.15, 0.2) is 11.9 Å². The number of aryl methyl sites for hydroxylation is 1. The van der Waals surface area contributed by atoms with Gasteiger partial charge >= 0.3 is 5.97 Å². The molecule has 0 spiro atoms. The van der Waals surface area contributed by atoms with Crippen LogP contribution in [0, 0.1) is 12.7 Å². The molecule has 7 nitrogen and oxygen atoms in total. The summed E-state index contributed by atoms with van der Waals surface area (Å²) in [4.78, 5) is 36.9. The highest BCUT2D eigenvalue weighted by Crippen LogP contribution is 2.36. The first-order chi connectivity index (χ1) is 16.7. The summed E-state index contributed by atoms with van der Waals surface area (Å²) in [6, 6.07) is 12.8. The molecule has 0 fully saturated rings. The Bertz CT molecular complexity index is 1380. The van der Waals surface area contributed by atoms with Crippen LogP contribution in [0.4, 0.5) is 9.52 Å². The maximum atomic E-state index is 14.4. The second kappa shape index (κ2) is 10.3. The van der Waals surface area contributed by atoms with E-state index < -0.39 is 5.97 Å². The third kappa shape index (κ3) is 5.35. The van der Waals surface area contributed by atoms with E-state index in [4.69, 9.17) is 4.74 Å². The summed E-state index contributed by atoms with van der Waals surface area (Å²) in [7, 11) is 3.67. The van der Waals surface area contributed by atoms with Crippen LogP contribution in [-0.2, 0) is 16.0 Å². The number of hydrogen-bond donors (Lipinski definition) is 1. The third-order valence-corrected chi connectivity index (χ3v) is 6.94. The van der Waals surface area contributed by atoms with Gasteiger partial charge in [-0.2, -0.15) is 0 Å². The molecule has 2 heterocycles. The average Bonchev–Trinajstić information content (AvgIpc) is 3.45. The van der Waals surface area contributed by atoms with Crippen LogP contribution < -0.4 is 4.90 Å². The van der Waals surface area contributed by atoms with Crippen LogP contribution in [0.2, 0.25) is 0 Å². The number of nitrogens with one attached hydrogen (secondary N) is 1. The molecular formula is C26H27FN4O3S. The van der Waals surface area contributed by atoms with Crippen LogP contribution in [0.3, 0.4) is 0 Å². The molecule has 2 aromatic carbocycles. The monoisotopic (exact) mass is 494 g/mol. The Balaban J connectivity index is 1.67. The zero-order valence-electron chi connectivity index (χ0n) is 20.1. The normalized spacial score (nSPS) is 11.0. The van der Waals surface area contributed by atoms with Gasteiger partial charge in [0.2, 0.25) is 0 Å². The first-order valence-electron chi connectivity index (χ1n) is 11.2. The molecule has 1 amide bonds. The van der Waals surface area contributed by atoms with Crippen molar-refractivity contribution < 1.29 is 18.7 Å². The van der Waals surface area contributed by atoms with Crippen molar-refractivity contribution in [2.75, 3.05) is 32.3 Å². The molecule has 1 N–H and O–H groups in total. The molecule has 182 valence electrons. The zero-order valence-corrected chi connectivity index (χ0v) is 20.9. The van der Waals surface area contributed by atoms with E-state index in [0.29, 0.717) is 34.1 Å². The van der Waals surface area contributed by atoms with Crippen molar-refractivity contribution in [3.63, 3.8) is 0 Å². The molecule has 4 aromatic rings. The highest BCUT2D eigenvalue weighted by molar-refractivity contribution is 7.19. The smallest absolute Gasteiger partial charge is 0.304 e.